The smallest absolute Gasteiger partial charge is 0.269 e. The Bertz CT molecular complexity index is 306. The van der Waals surface area contributed by atoms with Crippen molar-refractivity contribution >= 4 is 11.6 Å². The first kappa shape index (κ1) is 11.4. The molecule has 0 radical (unpaired) electrons. The van der Waals surface area contributed by atoms with Crippen LogP contribution in [-0.4, -0.2) is 36.9 Å². The van der Waals surface area contributed by atoms with Crippen LogP contribution in [0.25, 0.3) is 0 Å². The molecule has 1 saturated heterocycles. The van der Waals surface area contributed by atoms with Gasteiger partial charge in [-0.15, -0.1) is 0 Å². The van der Waals surface area contributed by atoms with Crippen LogP contribution in [0.5, 0.6) is 0 Å². The van der Waals surface area contributed by atoms with Gasteiger partial charge in [0.1, 0.15) is 5.71 Å². The fraction of sp³-hybridized carbons (Fsp3) is 0.818. The first-order chi connectivity index (χ1) is 7.61. The van der Waals surface area contributed by atoms with Crippen molar-refractivity contribution in [3.05, 3.63) is 0 Å². The van der Waals surface area contributed by atoms with Crippen molar-refractivity contribution in [1.82, 2.24) is 10.6 Å². The fourth-order valence-electron chi connectivity index (χ4n) is 1.99. The molecular formula is C11H19N3O2. The van der Waals surface area contributed by atoms with Crippen molar-refractivity contribution < 1.29 is 9.63 Å². The Balaban J connectivity index is 1.85. The molecule has 0 saturated carbocycles. The maximum Gasteiger partial charge on any atom is 0.269 e. The van der Waals surface area contributed by atoms with E-state index in [2.05, 4.69) is 29.6 Å². The maximum absolute atomic E-state index is 11.7. The van der Waals surface area contributed by atoms with E-state index in [1.165, 1.54) is 0 Å². The molecule has 1 atom stereocenters. The molecule has 1 fully saturated rings. The average molecular weight is 225 g/mol. The van der Waals surface area contributed by atoms with E-state index < -0.39 is 0 Å². The second-order valence-corrected chi connectivity index (χ2v) is 5.02. The van der Waals surface area contributed by atoms with Gasteiger partial charge >= 0.3 is 0 Å². The standard InChI is InChI=1S/C11H19N3O2/c1-8(2)6-13-10(15)9-5-11(16-14-9)3-4-12-7-11/h8,12H,3-7H2,1-2H3,(H,13,15). The lowest BCUT2D eigenvalue weighted by atomic mass is 9.96. The summed E-state index contributed by atoms with van der Waals surface area (Å²) in [5, 5.41) is 10.0. The summed E-state index contributed by atoms with van der Waals surface area (Å²) in [7, 11) is 0. The van der Waals surface area contributed by atoms with E-state index in [1.54, 1.807) is 0 Å². The lowest BCUT2D eigenvalue weighted by Crippen LogP contribution is -2.37. The van der Waals surface area contributed by atoms with E-state index in [4.69, 9.17) is 4.84 Å². The van der Waals surface area contributed by atoms with Crippen LogP contribution in [0.3, 0.4) is 0 Å². The molecule has 5 heteroatoms. The minimum absolute atomic E-state index is 0.0857. The zero-order chi connectivity index (χ0) is 11.6. The summed E-state index contributed by atoms with van der Waals surface area (Å²) >= 11 is 0. The second kappa shape index (κ2) is 4.41. The highest BCUT2D eigenvalue weighted by atomic mass is 16.7. The van der Waals surface area contributed by atoms with Gasteiger partial charge in [-0.25, -0.2) is 0 Å². The summed E-state index contributed by atoms with van der Waals surface area (Å²) < 4.78 is 0. The Hall–Kier alpha value is -1.10. The molecule has 16 heavy (non-hydrogen) atoms. The topological polar surface area (TPSA) is 62.7 Å². The number of nitrogens with one attached hydrogen (secondary N) is 2. The van der Waals surface area contributed by atoms with Gasteiger partial charge in [-0.3, -0.25) is 4.79 Å². The molecule has 2 heterocycles. The lowest BCUT2D eigenvalue weighted by molar-refractivity contribution is -0.115. The average Bonchev–Trinajstić information content (AvgIpc) is 2.86. The van der Waals surface area contributed by atoms with Crippen LogP contribution in [0.4, 0.5) is 0 Å². The number of rotatable bonds is 3. The largest absolute Gasteiger partial charge is 0.387 e. The summed E-state index contributed by atoms with van der Waals surface area (Å²) in [6.07, 6.45) is 1.56. The predicted octanol–water partition coefficient (Wildman–Crippen LogP) is 0.267. The summed E-state index contributed by atoms with van der Waals surface area (Å²) in [6.45, 7) is 6.54. The fourth-order valence-corrected chi connectivity index (χ4v) is 1.99. The van der Waals surface area contributed by atoms with Crippen molar-refractivity contribution in [3.8, 4) is 0 Å². The molecule has 2 aliphatic heterocycles. The number of hydrogen-bond donors (Lipinski definition) is 2. The minimum atomic E-state index is -0.246. The summed E-state index contributed by atoms with van der Waals surface area (Å²) in [5.41, 5.74) is 0.286. The molecule has 0 aromatic heterocycles. The van der Waals surface area contributed by atoms with Crippen LogP contribution in [0, 0.1) is 5.92 Å². The Morgan fingerprint density at radius 1 is 1.69 bits per heavy atom. The van der Waals surface area contributed by atoms with Gasteiger partial charge in [-0.2, -0.15) is 0 Å². The van der Waals surface area contributed by atoms with Gasteiger partial charge in [0.2, 0.25) is 0 Å². The Morgan fingerprint density at radius 2 is 2.50 bits per heavy atom. The molecule has 0 aliphatic carbocycles. The number of hydrogen-bond acceptors (Lipinski definition) is 4. The van der Waals surface area contributed by atoms with Gasteiger partial charge in [0.05, 0.1) is 0 Å². The molecule has 1 spiro atoms. The van der Waals surface area contributed by atoms with Crippen LogP contribution in [0.2, 0.25) is 0 Å². The number of oxime groups is 1. The second-order valence-electron chi connectivity index (χ2n) is 5.02. The highest BCUT2D eigenvalue weighted by Gasteiger charge is 2.43. The molecule has 5 nitrogen and oxygen atoms in total. The first-order valence-electron chi connectivity index (χ1n) is 5.85. The molecular weight excluding hydrogens is 206 g/mol. The molecule has 1 amide bonds. The molecule has 2 rings (SSSR count). The van der Waals surface area contributed by atoms with E-state index in [-0.39, 0.29) is 11.5 Å². The Kier molecular flexibility index (Phi) is 3.14. The summed E-state index contributed by atoms with van der Waals surface area (Å²) in [4.78, 5) is 17.2. The van der Waals surface area contributed by atoms with Crippen molar-refractivity contribution in [2.75, 3.05) is 19.6 Å². The zero-order valence-corrected chi connectivity index (χ0v) is 9.88. The molecule has 0 aromatic carbocycles. The van der Waals surface area contributed by atoms with Crippen LogP contribution < -0.4 is 10.6 Å². The summed E-state index contributed by atoms with van der Waals surface area (Å²) in [6, 6.07) is 0. The lowest BCUT2D eigenvalue weighted by Gasteiger charge is -2.18. The number of amides is 1. The van der Waals surface area contributed by atoms with Gasteiger partial charge in [-0.1, -0.05) is 19.0 Å². The van der Waals surface area contributed by atoms with Gasteiger partial charge in [-0.05, 0) is 12.5 Å². The van der Waals surface area contributed by atoms with Crippen molar-refractivity contribution in [2.24, 2.45) is 11.1 Å². The third-order valence-electron chi connectivity index (χ3n) is 2.98. The van der Waals surface area contributed by atoms with Gasteiger partial charge in [0, 0.05) is 25.9 Å². The molecule has 90 valence electrons. The van der Waals surface area contributed by atoms with Crippen LogP contribution in [0.1, 0.15) is 26.7 Å². The van der Waals surface area contributed by atoms with E-state index in [9.17, 15) is 4.79 Å². The minimum Gasteiger partial charge on any atom is -0.387 e. The summed E-state index contributed by atoms with van der Waals surface area (Å²) in [5.74, 6) is 0.367. The molecule has 1 unspecified atom stereocenters. The predicted molar refractivity (Wildman–Crippen MR) is 61.2 cm³/mol. The SMILES string of the molecule is CC(C)CNC(=O)C1=NOC2(CCNC2)C1. The van der Waals surface area contributed by atoms with Gasteiger partial charge < -0.3 is 15.5 Å². The van der Waals surface area contributed by atoms with Gasteiger partial charge in [0.25, 0.3) is 5.91 Å². The van der Waals surface area contributed by atoms with Crippen LogP contribution in [0.15, 0.2) is 5.16 Å². The maximum atomic E-state index is 11.7. The van der Waals surface area contributed by atoms with Crippen molar-refractivity contribution in [1.29, 1.82) is 0 Å². The number of carbonyl (C=O) groups excluding carboxylic acids is 1. The zero-order valence-electron chi connectivity index (χ0n) is 9.88. The van der Waals surface area contributed by atoms with Crippen LogP contribution in [-0.2, 0) is 9.63 Å². The monoisotopic (exact) mass is 225 g/mol. The van der Waals surface area contributed by atoms with Gasteiger partial charge in [0.15, 0.2) is 5.60 Å². The Labute approximate surface area is 95.6 Å². The van der Waals surface area contributed by atoms with E-state index in [1.807, 2.05) is 0 Å². The highest BCUT2D eigenvalue weighted by Crippen LogP contribution is 2.29. The number of carbonyl (C=O) groups is 1. The van der Waals surface area contributed by atoms with Crippen LogP contribution >= 0.6 is 0 Å². The third kappa shape index (κ3) is 2.35. The van der Waals surface area contributed by atoms with Crippen molar-refractivity contribution in [3.63, 3.8) is 0 Å². The molecule has 2 aliphatic rings. The molecule has 2 N–H and O–H groups in total. The Morgan fingerprint density at radius 3 is 3.12 bits per heavy atom. The first-order valence-corrected chi connectivity index (χ1v) is 5.85. The molecule has 0 bridgehead atoms. The van der Waals surface area contributed by atoms with E-state index in [0.29, 0.717) is 24.6 Å². The van der Waals surface area contributed by atoms with E-state index >= 15 is 0 Å². The number of nitrogens with zero attached hydrogens (tertiary/aromatic N) is 1. The van der Waals surface area contributed by atoms with Crippen molar-refractivity contribution in [2.45, 2.75) is 32.3 Å². The molecule has 0 aromatic rings. The highest BCUT2D eigenvalue weighted by molar-refractivity contribution is 6.39. The quantitative estimate of drug-likeness (QED) is 0.724. The normalized spacial score (nSPS) is 28.3. The third-order valence-corrected chi connectivity index (χ3v) is 2.98. The van der Waals surface area contributed by atoms with E-state index in [0.717, 1.165) is 19.5 Å².